The van der Waals surface area contributed by atoms with Crippen LogP contribution in [-0.4, -0.2) is 68.5 Å². The summed E-state index contributed by atoms with van der Waals surface area (Å²) in [6.07, 6.45) is 1.46. The van der Waals surface area contributed by atoms with Gasteiger partial charge in [-0.25, -0.2) is 18.0 Å². The van der Waals surface area contributed by atoms with Gasteiger partial charge in [0.15, 0.2) is 6.29 Å². The van der Waals surface area contributed by atoms with Crippen molar-refractivity contribution in [2.24, 2.45) is 0 Å². The average Bonchev–Trinajstić information content (AvgIpc) is 3.05. The molecule has 1 amide bonds. The first-order valence-corrected chi connectivity index (χ1v) is 17.8. The molecule has 0 aromatic heterocycles. The normalized spacial score (nSPS) is 15.7. The summed E-state index contributed by atoms with van der Waals surface area (Å²) in [7, 11) is -4.15. The molecule has 1 unspecified atom stereocenters. The number of hydrogen-bond donors (Lipinski definition) is 0. The summed E-state index contributed by atoms with van der Waals surface area (Å²) >= 11 is 6.31. The Labute approximate surface area is 291 Å². The van der Waals surface area contributed by atoms with E-state index in [1.165, 1.54) is 19.1 Å². The summed E-state index contributed by atoms with van der Waals surface area (Å²) in [5.41, 5.74) is -0.255. The quantitative estimate of drug-likeness (QED) is 0.0999. The summed E-state index contributed by atoms with van der Waals surface area (Å²) < 4.78 is 49.8. The summed E-state index contributed by atoms with van der Waals surface area (Å²) in [5, 5.41) is 12.0. The number of amides is 1. The van der Waals surface area contributed by atoms with Crippen LogP contribution in [0.5, 0.6) is 0 Å². The van der Waals surface area contributed by atoms with E-state index in [4.69, 9.17) is 30.5 Å². The van der Waals surface area contributed by atoms with Crippen molar-refractivity contribution in [2.45, 2.75) is 81.2 Å². The van der Waals surface area contributed by atoms with E-state index in [0.717, 1.165) is 48.6 Å². The van der Waals surface area contributed by atoms with E-state index in [9.17, 15) is 28.1 Å². The maximum atomic E-state index is 13.5. The highest BCUT2D eigenvalue weighted by molar-refractivity contribution is 7.91. The Bertz CT molecular complexity index is 1740. The van der Waals surface area contributed by atoms with Gasteiger partial charge in [0, 0.05) is 24.2 Å². The minimum Gasteiger partial charge on any atom is -0.462 e. The monoisotopic (exact) mass is 716 g/mol. The second-order valence-corrected chi connectivity index (χ2v) is 14.8. The second kappa shape index (κ2) is 16.6. The van der Waals surface area contributed by atoms with Crippen LogP contribution in [0.4, 0.5) is 10.5 Å². The van der Waals surface area contributed by atoms with Crippen LogP contribution in [0.25, 0.3) is 0 Å². The lowest BCUT2D eigenvalue weighted by Gasteiger charge is -2.33. The molecule has 0 spiro atoms. The largest absolute Gasteiger partial charge is 0.462 e. The number of carbonyl (C=O) groups excluding carboxylic acids is 2. The molecule has 3 aromatic carbocycles. The van der Waals surface area contributed by atoms with Crippen LogP contribution in [0.2, 0.25) is 5.02 Å². The molecule has 0 N–H and O–H groups in total. The molecule has 0 saturated carbocycles. The van der Waals surface area contributed by atoms with Gasteiger partial charge in [0.05, 0.1) is 27.9 Å². The fourth-order valence-corrected chi connectivity index (χ4v) is 6.65. The Morgan fingerprint density at radius 3 is 2.39 bits per heavy atom. The number of benzene rings is 3. The average molecular weight is 717 g/mol. The van der Waals surface area contributed by atoms with Crippen molar-refractivity contribution in [2.75, 3.05) is 26.3 Å². The maximum Gasteiger partial charge on any atom is 0.410 e. The van der Waals surface area contributed by atoms with Crippen LogP contribution in [0.15, 0.2) is 76.5 Å². The third kappa shape index (κ3) is 10.5. The van der Waals surface area contributed by atoms with Crippen molar-refractivity contribution in [3.8, 4) is 0 Å². The molecule has 1 fully saturated rings. The van der Waals surface area contributed by atoms with E-state index in [-0.39, 0.29) is 29.5 Å². The number of rotatable bonds is 13. The van der Waals surface area contributed by atoms with Crippen molar-refractivity contribution in [3.05, 3.63) is 98.6 Å². The van der Waals surface area contributed by atoms with Gasteiger partial charge in [-0.15, -0.1) is 0 Å². The van der Waals surface area contributed by atoms with E-state index in [1.807, 2.05) is 12.1 Å². The second-order valence-electron chi connectivity index (χ2n) is 12.5. The zero-order valence-electron chi connectivity index (χ0n) is 27.9. The predicted octanol–water partition coefficient (Wildman–Crippen LogP) is 7.32. The molecular formula is C35H41ClN2O10S. The molecule has 264 valence electrons. The number of hydrogen-bond acceptors (Lipinski definition) is 10. The molecule has 0 radical (unpaired) electrons. The first kappa shape index (κ1) is 37.8. The molecule has 49 heavy (non-hydrogen) atoms. The molecule has 3 aromatic rings. The van der Waals surface area contributed by atoms with Gasteiger partial charge in [0.1, 0.15) is 17.3 Å². The summed E-state index contributed by atoms with van der Waals surface area (Å²) in [6.45, 7) is 7.80. The topological polar surface area (TPSA) is 152 Å². The minimum absolute atomic E-state index is 0.0387. The van der Waals surface area contributed by atoms with Gasteiger partial charge < -0.3 is 23.8 Å². The van der Waals surface area contributed by atoms with E-state index in [1.54, 1.807) is 49.9 Å². The van der Waals surface area contributed by atoms with Gasteiger partial charge in [-0.1, -0.05) is 35.9 Å². The van der Waals surface area contributed by atoms with Gasteiger partial charge in [-0.3, -0.25) is 10.1 Å². The highest BCUT2D eigenvalue weighted by Crippen LogP contribution is 2.30. The smallest absolute Gasteiger partial charge is 0.410 e. The predicted molar refractivity (Wildman–Crippen MR) is 181 cm³/mol. The zero-order valence-corrected chi connectivity index (χ0v) is 29.5. The Morgan fingerprint density at radius 1 is 1.06 bits per heavy atom. The van der Waals surface area contributed by atoms with Gasteiger partial charge in [0.25, 0.3) is 5.69 Å². The summed E-state index contributed by atoms with van der Waals surface area (Å²) in [4.78, 5) is 37.7. The first-order valence-electron chi connectivity index (χ1n) is 16.0. The minimum atomic E-state index is -4.15. The SMILES string of the molecule is CCOC(=O)c1cc(S(=O)(=O)c2ccc(CCN(C[C@@H](OC3CCCCO3)c3cccc(Cl)c3)C(=O)OC(C)(C)C)cc2)ccc1[N+](=O)[O-]. The van der Waals surface area contributed by atoms with Crippen LogP contribution < -0.4 is 0 Å². The van der Waals surface area contributed by atoms with Gasteiger partial charge in [-0.2, -0.15) is 0 Å². The Kier molecular flexibility index (Phi) is 12.8. The number of sulfone groups is 1. The lowest BCUT2D eigenvalue weighted by Crippen LogP contribution is -2.41. The lowest BCUT2D eigenvalue weighted by molar-refractivity contribution is -0.385. The zero-order chi connectivity index (χ0) is 35.8. The standard InChI is InChI=1S/C35H41ClN2O10S/c1-5-45-33(39)29-22-28(16-17-30(29)38(41)42)49(43,44)27-14-12-24(13-15-27)18-19-37(34(40)48-35(2,3)4)23-31(25-9-8-10-26(36)21-25)47-32-11-6-7-20-46-32/h8-10,12-17,21-22,31-32H,5-7,11,18-20,23H2,1-4H3/t31-,32?/m1/s1. The molecule has 1 aliphatic rings. The van der Waals surface area contributed by atoms with Crippen LogP contribution >= 0.6 is 11.6 Å². The van der Waals surface area contributed by atoms with E-state index < -0.39 is 56.1 Å². The fraction of sp³-hybridized carbons (Fsp3) is 0.429. The van der Waals surface area contributed by atoms with Crippen molar-refractivity contribution in [1.82, 2.24) is 4.90 Å². The molecule has 0 aliphatic carbocycles. The van der Waals surface area contributed by atoms with Crippen molar-refractivity contribution in [1.29, 1.82) is 0 Å². The lowest BCUT2D eigenvalue weighted by atomic mass is 10.1. The van der Waals surface area contributed by atoms with E-state index >= 15 is 0 Å². The number of carbonyl (C=O) groups is 2. The number of halogens is 1. The summed E-state index contributed by atoms with van der Waals surface area (Å²) in [5.74, 6) is -0.995. The molecule has 14 heteroatoms. The molecule has 2 atom stereocenters. The molecule has 4 rings (SSSR count). The molecule has 1 heterocycles. The molecular weight excluding hydrogens is 676 g/mol. The molecule has 12 nitrogen and oxygen atoms in total. The van der Waals surface area contributed by atoms with Gasteiger partial charge in [0.2, 0.25) is 9.84 Å². The van der Waals surface area contributed by atoms with E-state index in [2.05, 4.69) is 0 Å². The van der Waals surface area contributed by atoms with Crippen LogP contribution in [0, 0.1) is 10.1 Å². The number of nitrogens with zero attached hydrogens (tertiary/aromatic N) is 2. The third-order valence-corrected chi connectivity index (χ3v) is 9.59. The molecule has 1 saturated heterocycles. The van der Waals surface area contributed by atoms with Gasteiger partial charge in [-0.05, 0) is 101 Å². The number of nitro benzene ring substituents is 1. The van der Waals surface area contributed by atoms with E-state index in [0.29, 0.717) is 18.1 Å². The Balaban J connectivity index is 1.56. The summed E-state index contributed by atoms with van der Waals surface area (Å²) in [6, 6.07) is 16.3. The molecule has 0 bridgehead atoms. The first-order chi connectivity index (χ1) is 23.2. The fourth-order valence-electron chi connectivity index (χ4n) is 5.17. The third-order valence-electron chi connectivity index (χ3n) is 7.59. The Hall–Kier alpha value is -4.04. The highest BCUT2D eigenvalue weighted by atomic mass is 35.5. The van der Waals surface area contributed by atoms with Crippen LogP contribution in [0.3, 0.4) is 0 Å². The van der Waals surface area contributed by atoms with Crippen molar-refractivity contribution in [3.63, 3.8) is 0 Å². The number of esters is 1. The Morgan fingerprint density at radius 2 is 1.78 bits per heavy atom. The van der Waals surface area contributed by atoms with Crippen molar-refractivity contribution < 1.29 is 41.9 Å². The maximum absolute atomic E-state index is 13.5. The molecule has 1 aliphatic heterocycles. The number of nitro groups is 1. The number of ether oxygens (including phenoxy) is 4. The van der Waals surface area contributed by atoms with Crippen LogP contribution in [0.1, 0.15) is 74.5 Å². The van der Waals surface area contributed by atoms with Gasteiger partial charge >= 0.3 is 12.1 Å². The van der Waals surface area contributed by atoms with Crippen molar-refractivity contribution >= 4 is 39.2 Å². The van der Waals surface area contributed by atoms with Crippen LogP contribution in [-0.2, 0) is 35.2 Å². The highest BCUT2D eigenvalue weighted by Gasteiger charge is 2.30.